The highest BCUT2D eigenvalue weighted by Gasteiger charge is 2.18. The average Bonchev–Trinajstić information content (AvgIpc) is 3.04. The average molecular weight is 281 g/mol. The van der Waals surface area contributed by atoms with Crippen molar-refractivity contribution in [3.05, 3.63) is 10.6 Å². The molecule has 5 nitrogen and oxygen atoms in total. The van der Waals surface area contributed by atoms with Crippen LogP contribution in [0.2, 0.25) is 0 Å². The van der Waals surface area contributed by atoms with Gasteiger partial charge in [-0.3, -0.25) is 5.32 Å². The van der Waals surface area contributed by atoms with E-state index in [4.69, 9.17) is 4.74 Å². The number of aryl methyl sites for hydroxylation is 2. The van der Waals surface area contributed by atoms with Crippen LogP contribution in [0.25, 0.3) is 0 Å². The molecular weight excluding hydrogens is 262 g/mol. The Morgan fingerprint density at radius 2 is 2.26 bits per heavy atom. The molecule has 1 aliphatic carbocycles. The van der Waals surface area contributed by atoms with Gasteiger partial charge in [0, 0.05) is 18.0 Å². The molecular formula is C13H19N3O2S. The molecule has 1 aliphatic heterocycles. The third kappa shape index (κ3) is 3.25. The lowest BCUT2D eigenvalue weighted by atomic mass is 10.0. The zero-order chi connectivity index (χ0) is 13.1. The van der Waals surface area contributed by atoms with Crippen LogP contribution < -0.4 is 10.6 Å². The standard InChI is InChI=1S/C13H19N3O2S/c17-12(14-8-9-4-3-7-18-9)16-13-15-10-5-1-2-6-11(10)19-13/h9H,1-8H2,(H2,14,15,16,17)/t9-/m0/s1. The number of aromatic nitrogens is 1. The van der Waals surface area contributed by atoms with E-state index in [1.807, 2.05) is 0 Å². The Balaban J connectivity index is 1.49. The van der Waals surface area contributed by atoms with Crippen molar-refractivity contribution in [1.82, 2.24) is 10.3 Å². The van der Waals surface area contributed by atoms with Gasteiger partial charge in [0.25, 0.3) is 0 Å². The maximum atomic E-state index is 11.8. The van der Waals surface area contributed by atoms with E-state index in [0.717, 1.165) is 37.4 Å². The van der Waals surface area contributed by atoms with E-state index in [-0.39, 0.29) is 12.1 Å². The Hall–Kier alpha value is -1.14. The smallest absolute Gasteiger partial charge is 0.321 e. The Kier molecular flexibility index (Phi) is 3.98. The molecule has 3 rings (SSSR count). The number of urea groups is 1. The fraction of sp³-hybridized carbons (Fsp3) is 0.692. The minimum Gasteiger partial charge on any atom is -0.376 e. The van der Waals surface area contributed by atoms with Crippen LogP contribution >= 0.6 is 11.3 Å². The number of ether oxygens (including phenoxy) is 1. The molecule has 1 atom stereocenters. The van der Waals surface area contributed by atoms with Gasteiger partial charge in [0.1, 0.15) is 0 Å². The van der Waals surface area contributed by atoms with Crippen LogP contribution in [0, 0.1) is 0 Å². The monoisotopic (exact) mass is 281 g/mol. The molecule has 1 saturated heterocycles. The molecule has 2 amide bonds. The zero-order valence-corrected chi connectivity index (χ0v) is 11.7. The number of anilines is 1. The number of carbonyl (C=O) groups is 1. The van der Waals surface area contributed by atoms with Crippen molar-refractivity contribution in [2.24, 2.45) is 0 Å². The summed E-state index contributed by atoms with van der Waals surface area (Å²) in [7, 11) is 0. The summed E-state index contributed by atoms with van der Waals surface area (Å²) in [4.78, 5) is 17.6. The van der Waals surface area contributed by atoms with Gasteiger partial charge in [-0.05, 0) is 38.5 Å². The highest BCUT2D eigenvalue weighted by atomic mass is 32.1. The molecule has 1 aromatic heterocycles. The number of carbonyl (C=O) groups excluding carboxylic acids is 1. The van der Waals surface area contributed by atoms with Gasteiger partial charge in [0.05, 0.1) is 11.8 Å². The second-order valence-corrected chi connectivity index (χ2v) is 6.15. The van der Waals surface area contributed by atoms with Gasteiger partial charge in [-0.25, -0.2) is 9.78 Å². The van der Waals surface area contributed by atoms with Crippen LogP contribution in [0.4, 0.5) is 9.93 Å². The quantitative estimate of drug-likeness (QED) is 0.893. The maximum Gasteiger partial charge on any atom is 0.321 e. The molecule has 0 bridgehead atoms. The second kappa shape index (κ2) is 5.88. The molecule has 2 heterocycles. The molecule has 1 fully saturated rings. The van der Waals surface area contributed by atoms with Gasteiger partial charge in [-0.1, -0.05) is 0 Å². The number of hydrogen-bond acceptors (Lipinski definition) is 4. The molecule has 0 radical (unpaired) electrons. The third-order valence-corrected chi connectivity index (χ3v) is 4.65. The van der Waals surface area contributed by atoms with E-state index < -0.39 is 0 Å². The summed E-state index contributed by atoms with van der Waals surface area (Å²) in [5.74, 6) is 0. The lowest BCUT2D eigenvalue weighted by molar-refractivity contribution is 0.112. The molecule has 6 heteroatoms. The van der Waals surface area contributed by atoms with Gasteiger partial charge >= 0.3 is 6.03 Å². The van der Waals surface area contributed by atoms with Crippen molar-refractivity contribution >= 4 is 22.5 Å². The molecule has 2 aliphatic rings. The molecule has 19 heavy (non-hydrogen) atoms. The number of rotatable bonds is 3. The van der Waals surface area contributed by atoms with Gasteiger partial charge in [-0.2, -0.15) is 0 Å². The molecule has 0 unspecified atom stereocenters. The summed E-state index contributed by atoms with van der Waals surface area (Å²) in [6, 6.07) is -0.179. The lowest BCUT2D eigenvalue weighted by Gasteiger charge is -2.10. The predicted octanol–water partition coefficient (Wildman–Crippen LogP) is 2.32. The maximum absolute atomic E-state index is 11.8. The topological polar surface area (TPSA) is 63.2 Å². The van der Waals surface area contributed by atoms with E-state index in [1.165, 1.54) is 23.4 Å². The van der Waals surface area contributed by atoms with Gasteiger partial charge in [0.15, 0.2) is 5.13 Å². The summed E-state index contributed by atoms with van der Waals surface area (Å²) < 4.78 is 5.46. The number of fused-ring (bicyclic) bond motifs is 1. The van der Waals surface area contributed by atoms with Crippen molar-refractivity contribution in [2.45, 2.75) is 44.6 Å². The van der Waals surface area contributed by atoms with Crippen LogP contribution in [0.15, 0.2) is 0 Å². The Bertz CT molecular complexity index is 431. The minimum atomic E-state index is -0.179. The normalized spacial score (nSPS) is 22.0. The number of nitrogens with zero attached hydrogens (tertiary/aromatic N) is 1. The first kappa shape index (κ1) is 12.9. The van der Waals surface area contributed by atoms with Crippen molar-refractivity contribution in [1.29, 1.82) is 0 Å². The third-order valence-electron chi connectivity index (χ3n) is 3.58. The van der Waals surface area contributed by atoms with E-state index in [1.54, 1.807) is 11.3 Å². The molecule has 0 aromatic carbocycles. The Morgan fingerprint density at radius 3 is 3.05 bits per heavy atom. The summed E-state index contributed by atoms with van der Waals surface area (Å²) >= 11 is 1.61. The molecule has 2 N–H and O–H groups in total. The SMILES string of the molecule is O=C(NC[C@@H]1CCCO1)Nc1nc2c(s1)CCCC2. The molecule has 1 aromatic rings. The minimum absolute atomic E-state index is 0.176. The number of hydrogen-bond donors (Lipinski definition) is 2. The van der Waals surface area contributed by atoms with Gasteiger partial charge in [0.2, 0.25) is 0 Å². The van der Waals surface area contributed by atoms with Crippen LogP contribution in [-0.4, -0.2) is 30.3 Å². The van der Waals surface area contributed by atoms with E-state index in [0.29, 0.717) is 6.54 Å². The molecule has 0 spiro atoms. The fourth-order valence-corrected chi connectivity index (χ4v) is 3.60. The highest BCUT2D eigenvalue weighted by Crippen LogP contribution is 2.29. The van der Waals surface area contributed by atoms with Crippen LogP contribution in [0.3, 0.4) is 0 Å². The van der Waals surface area contributed by atoms with Crippen molar-refractivity contribution in [2.75, 3.05) is 18.5 Å². The summed E-state index contributed by atoms with van der Waals surface area (Å²) in [6.45, 7) is 1.39. The predicted molar refractivity (Wildman–Crippen MR) is 74.8 cm³/mol. The second-order valence-electron chi connectivity index (χ2n) is 5.07. The van der Waals surface area contributed by atoms with Crippen LogP contribution in [0.5, 0.6) is 0 Å². The Morgan fingerprint density at radius 1 is 1.37 bits per heavy atom. The fourth-order valence-electron chi connectivity index (χ4n) is 2.56. The first-order valence-corrected chi connectivity index (χ1v) is 7.78. The van der Waals surface area contributed by atoms with E-state index in [9.17, 15) is 4.79 Å². The summed E-state index contributed by atoms with van der Waals surface area (Å²) in [5.41, 5.74) is 1.17. The first-order valence-electron chi connectivity index (χ1n) is 6.96. The molecule has 104 valence electrons. The largest absolute Gasteiger partial charge is 0.376 e. The lowest BCUT2D eigenvalue weighted by Crippen LogP contribution is -2.35. The van der Waals surface area contributed by atoms with Crippen molar-refractivity contribution in [3.8, 4) is 0 Å². The number of amides is 2. The Labute approximate surface area is 116 Å². The van der Waals surface area contributed by atoms with Crippen molar-refractivity contribution in [3.63, 3.8) is 0 Å². The van der Waals surface area contributed by atoms with Crippen LogP contribution in [-0.2, 0) is 17.6 Å². The summed E-state index contributed by atoms with van der Waals surface area (Å²) in [6.07, 6.45) is 6.90. The molecule has 0 saturated carbocycles. The highest BCUT2D eigenvalue weighted by molar-refractivity contribution is 7.15. The van der Waals surface area contributed by atoms with E-state index in [2.05, 4.69) is 15.6 Å². The van der Waals surface area contributed by atoms with Crippen LogP contribution in [0.1, 0.15) is 36.3 Å². The summed E-state index contributed by atoms with van der Waals surface area (Å²) in [5, 5.41) is 6.39. The number of nitrogens with one attached hydrogen (secondary N) is 2. The van der Waals surface area contributed by atoms with Gasteiger partial charge in [-0.15, -0.1) is 11.3 Å². The first-order chi connectivity index (χ1) is 9.31. The van der Waals surface area contributed by atoms with Crippen molar-refractivity contribution < 1.29 is 9.53 Å². The zero-order valence-electron chi connectivity index (χ0n) is 10.9. The number of thiazole rings is 1. The van der Waals surface area contributed by atoms with Gasteiger partial charge < -0.3 is 10.1 Å². The van der Waals surface area contributed by atoms with E-state index >= 15 is 0 Å².